The van der Waals surface area contributed by atoms with Gasteiger partial charge in [-0.05, 0) is 28.7 Å². The number of carbonyl (C=O) groups is 1. The summed E-state index contributed by atoms with van der Waals surface area (Å²) in [5, 5.41) is 8.79. The third-order valence-electron chi connectivity index (χ3n) is 1.59. The van der Waals surface area contributed by atoms with Crippen LogP contribution < -0.4 is 4.74 Å². The van der Waals surface area contributed by atoms with Crippen molar-refractivity contribution in [3.05, 3.63) is 20.9 Å². The lowest BCUT2D eigenvalue weighted by molar-refractivity contribution is 0.0690. The second-order valence-electron chi connectivity index (χ2n) is 2.52. The molecule has 0 aliphatic rings. The average molecular weight is 329 g/mol. The van der Waals surface area contributed by atoms with E-state index in [0.717, 1.165) is 6.07 Å². The molecule has 82 valence electrons. The first kappa shape index (κ1) is 12.1. The highest BCUT2D eigenvalue weighted by Crippen LogP contribution is 2.27. The number of carboxylic acid groups (broad SMARTS) is 1. The van der Waals surface area contributed by atoms with Gasteiger partial charge in [0.2, 0.25) is 5.88 Å². The minimum absolute atomic E-state index is 0.169. The van der Waals surface area contributed by atoms with Crippen molar-refractivity contribution in [2.75, 3.05) is 7.11 Å². The number of methoxy groups -OCH3 is 1. The Morgan fingerprint density at radius 3 is 2.67 bits per heavy atom. The number of aromatic carboxylic acids is 1. The van der Waals surface area contributed by atoms with Gasteiger partial charge in [-0.3, -0.25) is 0 Å². The summed E-state index contributed by atoms with van der Waals surface area (Å²) in [7, 11) is 1.18. The Hall–Kier alpha value is -0.990. The van der Waals surface area contributed by atoms with Gasteiger partial charge in [0.25, 0.3) is 6.43 Å². The number of nitrogens with zero attached hydrogens (tertiary/aromatic N) is 1. The van der Waals surface area contributed by atoms with Crippen LogP contribution in [0.4, 0.5) is 8.78 Å². The number of carboxylic acids is 1. The average Bonchev–Trinajstić information content (AvgIpc) is 2.15. The van der Waals surface area contributed by atoms with Gasteiger partial charge >= 0.3 is 5.97 Å². The first-order chi connectivity index (χ1) is 6.97. The molecule has 1 aromatic heterocycles. The molecule has 4 nitrogen and oxygen atoms in total. The Balaban J connectivity index is 3.37. The van der Waals surface area contributed by atoms with E-state index in [0.29, 0.717) is 0 Å². The quantitative estimate of drug-likeness (QED) is 0.865. The van der Waals surface area contributed by atoms with Gasteiger partial charge < -0.3 is 9.84 Å². The zero-order valence-electron chi connectivity index (χ0n) is 7.50. The van der Waals surface area contributed by atoms with Crippen LogP contribution in [0.2, 0.25) is 0 Å². The third-order valence-corrected chi connectivity index (χ3v) is 2.44. The van der Waals surface area contributed by atoms with E-state index in [1.807, 2.05) is 0 Å². The molecule has 1 N–H and O–H groups in total. The van der Waals surface area contributed by atoms with Crippen molar-refractivity contribution in [1.29, 1.82) is 0 Å². The summed E-state index contributed by atoms with van der Waals surface area (Å²) >= 11 is 1.65. The van der Waals surface area contributed by atoms with Gasteiger partial charge in [0, 0.05) is 3.57 Å². The maximum Gasteiger partial charge on any atom is 0.342 e. The van der Waals surface area contributed by atoms with Gasteiger partial charge in [0.15, 0.2) is 0 Å². The number of alkyl halides is 2. The zero-order valence-corrected chi connectivity index (χ0v) is 9.66. The van der Waals surface area contributed by atoms with Crippen molar-refractivity contribution in [3.8, 4) is 5.88 Å². The van der Waals surface area contributed by atoms with Crippen molar-refractivity contribution < 1.29 is 23.4 Å². The minimum atomic E-state index is -2.75. The lowest BCUT2D eigenvalue weighted by atomic mass is 10.2. The van der Waals surface area contributed by atoms with Crippen molar-refractivity contribution in [1.82, 2.24) is 4.98 Å². The molecule has 0 aromatic carbocycles. The molecule has 1 heterocycles. The Morgan fingerprint density at radius 2 is 2.27 bits per heavy atom. The molecule has 0 spiro atoms. The molecule has 0 radical (unpaired) electrons. The fourth-order valence-electron chi connectivity index (χ4n) is 0.963. The Bertz CT molecular complexity index is 398. The predicted molar refractivity (Wildman–Crippen MR) is 55.4 cm³/mol. The van der Waals surface area contributed by atoms with E-state index in [-0.39, 0.29) is 15.0 Å². The largest absolute Gasteiger partial charge is 0.480 e. The molecule has 0 atom stereocenters. The number of rotatable bonds is 3. The molecule has 7 heteroatoms. The maximum absolute atomic E-state index is 12.3. The summed E-state index contributed by atoms with van der Waals surface area (Å²) in [5.41, 5.74) is -0.705. The van der Waals surface area contributed by atoms with E-state index in [1.165, 1.54) is 7.11 Å². The fraction of sp³-hybridized carbons (Fsp3) is 0.250. The lowest BCUT2D eigenvalue weighted by Crippen LogP contribution is -2.07. The Kier molecular flexibility index (Phi) is 3.77. The second kappa shape index (κ2) is 4.69. The van der Waals surface area contributed by atoms with Crippen LogP contribution in [0.5, 0.6) is 5.88 Å². The van der Waals surface area contributed by atoms with E-state index >= 15 is 0 Å². The number of hydrogen-bond acceptors (Lipinski definition) is 3. The maximum atomic E-state index is 12.3. The molecular formula is C8H6F2INO3. The molecule has 1 aromatic rings. The first-order valence-electron chi connectivity index (χ1n) is 3.73. The molecule has 0 aliphatic heterocycles. The molecule has 0 saturated carbocycles. The van der Waals surface area contributed by atoms with Gasteiger partial charge in [0.1, 0.15) is 11.3 Å². The van der Waals surface area contributed by atoms with E-state index in [1.54, 1.807) is 22.6 Å². The first-order valence-corrected chi connectivity index (χ1v) is 4.81. The van der Waals surface area contributed by atoms with Crippen molar-refractivity contribution in [2.24, 2.45) is 0 Å². The number of halogens is 3. The van der Waals surface area contributed by atoms with Crippen LogP contribution in [0.25, 0.3) is 0 Å². The smallest absolute Gasteiger partial charge is 0.342 e. The van der Waals surface area contributed by atoms with Crippen LogP contribution in [-0.4, -0.2) is 23.2 Å². The molecule has 0 aliphatic carbocycles. The standard InChI is InChI=1S/C8H6F2INO3/c1-15-7-5(8(13)14)3(11)2-4(12-7)6(9)10/h2,6H,1H3,(H,13,14). The van der Waals surface area contributed by atoms with E-state index < -0.39 is 18.1 Å². The van der Waals surface area contributed by atoms with Crippen LogP contribution in [0.15, 0.2) is 6.07 Å². The Labute approximate surface area is 97.4 Å². The summed E-state index contributed by atoms with van der Waals surface area (Å²) < 4.78 is 29.5. The highest BCUT2D eigenvalue weighted by atomic mass is 127. The van der Waals surface area contributed by atoms with Gasteiger partial charge in [-0.15, -0.1) is 0 Å². The third kappa shape index (κ3) is 2.52. The van der Waals surface area contributed by atoms with Gasteiger partial charge in [0.05, 0.1) is 7.11 Å². The monoisotopic (exact) mass is 329 g/mol. The fourth-order valence-corrected chi connectivity index (χ4v) is 1.74. The molecular weight excluding hydrogens is 323 g/mol. The normalized spacial score (nSPS) is 10.5. The molecule has 0 saturated heterocycles. The van der Waals surface area contributed by atoms with Crippen LogP contribution >= 0.6 is 22.6 Å². The second-order valence-corrected chi connectivity index (χ2v) is 3.68. The minimum Gasteiger partial charge on any atom is -0.480 e. The number of pyridine rings is 1. The zero-order chi connectivity index (χ0) is 11.6. The molecule has 0 fully saturated rings. The van der Waals surface area contributed by atoms with Gasteiger partial charge in [-0.25, -0.2) is 18.6 Å². The molecule has 0 bridgehead atoms. The summed E-state index contributed by atoms with van der Waals surface area (Å²) in [5.74, 6) is -1.56. The van der Waals surface area contributed by atoms with Crippen LogP contribution in [0.1, 0.15) is 22.5 Å². The van der Waals surface area contributed by atoms with Crippen molar-refractivity contribution in [3.63, 3.8) is 0 Å². The summed E-state index contributed by atoms with van der Waals surface area (Å²) in [6, 6.07) is 1.02. The summed E-state index contributed by atoms with van der Waals surface area (Å²) in [6.07, 6.45) is -2.75. The summed E-state index contributed by atoms with van der Waals surface area (Å²) in [4.78, 5) is 14.2. The van der Waals surface area contributed by atoms with E-state index in [4.69, 9.17) is 5.11 Å². The van der Waals surface area contributed by atoms with Gasteiger partial charge in [-0.1, -0.05) is 0 Å². The molecule has 15 heavy (non-hydrogen) atoms. The van der Waals surface area contributed by atoms with Crippen LogP contribution in [-0.2, 0) is 0 Å². The number of ether oxygens (including phenoxy) is 1. The van der Waals surface area contributed by atoms with Crippen LogP contribution in [0, 0.1) is 3.57 Å². The molecule has 1 rings (SSSR count). The summed E-state index contributed by atoms with van der Waals surface area (Å²) in [6.45, 7) is 0. The van der Waals surface area contributed by atoms with Gasteiger partial charge in [-0.2, -0.15) is 0 Å². The highest BCUT2D eigenvalue weighted by molar-refractivity contribution is 14.1. The van der Waals surface area contributed by atoms with Crippen molar-refractivity contribution >= 4 is 28.6 Å². The molecule has 0 amide bonds. The predicted octanol–water partition coefficient (Wildman–Crippen LogP) is 2.33. The number of hydrogen-bond donors (Lipinski definition) is 1. The van der Waals surface area contributed by atoms with E-state index in [9.17, 15) is 13.6 Å². The Morgan fingerprint density at radius 1 is 1.67 bits per heavy atom. The van der Waals surface area contributed by atoms with E-state index in [2.05, 4.69) is 9.72 Å². The SMILES string of the molecule is COc1nc(C(F)F)cc(I)c1C(=O)O. The highest BCUT2D eigenvalue weighted by Gasteiger charge is 2.21. The van der Waals surface area contributed by atoms with Crippen molar-refractivity contribution in [2.45, 2.75) is 6.43 Å². The topological polar surface area (TPSA) is 59.4 Å². The lowest BCUT2D eigenvalue weighted by Gasteiger charge is -2.08. The molecule has 0 unspecified atom stereocenters. The van der Waals surface area contributed by atoms with Crippen LogP contribution in [0.3, 0.4) is 0 Å². The number of aromatic nitrogens is 1.